The molecule has 2 unspecified atom stereocenters. The number of hydrogen-bond donors (Lipinski definition) is 1. The molecule has 2 saturated carbocycles. The molecule has 2 N–H and O–H groups in total. The molecule has 5 heteroatoms. The number of esters is 1. The molecule has 0 spiro atoms. The molecule has 1 saturated heterocycles. The number of carbonyl (C=O) groups excluding carboxylic acids is 1. The summed E-state index contributed by atoms with van der Waals surface area (Å²) in [5.41, 5.74) is 5.45. The van der Waals surface area contributed by atoms with E-state index < -0.39 is 5.54 Å². The molecule has 114 valence electrons. The van der Waals surface area contributed by atoms with E-state index in [1.54, 1.807) is 0 Å². The fourth-order valence-corrected chi connectivity index (χ4v) is 3.73. The molecule has 1 aliphatic heterocycles. The lowest BCUT2D eigenvalue weighted by Gasteiger charge is -2.38. The van der Waals surface area contributed by atoms with Gasteiger partial charge in [-0.05, 0) is 38.0 Å². The number of hydrogen-bond acceptors (Lipinski definition) is 5. The van der Waals surface area contributed by atoms with Crippen molar-refractivity contribution in [3.63, 3.8) is 0 Å². The third-order valence-corrected chi connectivity index (χ3v) is 5.25. The Hall–Kier alpha value is -0.650. The second kappa shape index (κ2) is 5.62. The molecule has 0 aromatic rings. The molecule has 20 heavy (non-hydrogen) atoms. The molecular formula is C15H27N3O2. The number of nitrogens with two attached hydrogens (primary N) is 1. The maximum atomic E-state index is 11.8. The highest BCUT2D eigenvalue weighted by atomic mass is 16.5. The van der Waals surface area contributed by atoms with Gasteiger partial charge in [0.25, 0.3) is 0 Å². The molecule has 0 aromatic carbocycles. The summed E-state index contributed by atoms with van der Waals surface area (Å²) < 4.78 is 4.85. The molecule has 0 radical (unpaired) electrons. The first kappa shape index (κ1) is 14.3. The quantitative estimate of drug-likeness (QED) is 0.758. The summed E-state index contributed by atoms with van der Waals surface area (Å²) in [6, 6.07) is 0.460. The van der Waals surface area contributed by atoms with Crippen molar-refractivity contribution in [2.24, 2.45) is 11.7 Å². The summed E-state index contributed by atoms with van der Waals surface area (Å²) in [5.74, 6) is 0.733. The van der Waals surface area contributed by atoms with Gasteiger partial charge in [-0.1, -0.05) is 0 Å². The van der Waals surface area contributed by atoms with Crippen LogP contribution in [0.15, 0.2) is 0 Å². The number of methoxy groups -OCH3 is 1. The van der Waals surface area contributed by atoms with Gasteiger partial charge < -0.3 is 15.4 Å². The van der Waals surface area contributed by atoms with E-state index in [0.717, 1.165) is 38.3 Å². The highest BCUT2D eigenvalue weighted by Crippen LogP contribution is 2.33. The van der Waals surface area contributed by atoms with Crippen LogP contribution < -0.4 is 5.73 Å². The van der Waals surface area contributed by atoms with E-state index in [2.05, 4.69) is 9.80 Å². The average Bonchev–Trinajstić information content (AvgIpc) is 3.19. The van der Waals surface area contributed by atoms with Gasteiger partial charge in [0.05, 0.1) is 7.11 Å². The topological polar surface area (TPSA) is 58.8 Å². The molecule has 3 rings (SSSR count). The van der Waals surface area contributed by atoms with E-state index in [9.17, 15) is 4.79 Å². The van der Waals surface area contributed by atoms with Crippen LogP contribution in [-0.2, 0) is 9.53 Å². The van der Waals surface area contributed by atoms with Crippen molar-refractivity contribution in [1.29, 1.82) is 0 Å². The number of nitrogens with zero attached hydrogens (tertiary/aromatic N) is 2. The number of rotatable bonds is 4. The molecule has 0 aromatic heterocycles. The summed E-state index contributed by atoms with van der Waals surface area (Å²) in [7, 11) is 1.43. The van der Waals surface area contributed by atoms with Crippen LogP contribution >= 0.6 is 0 Å². The minimum atomic E-state index is -0.745. The van der Waals surface area contributed by atoms with Gasteiger partial charge in [-0.3, -0.25) is 9.69 Å². The van der Waals surface area contributed by atoms with E-state index in [1.165, 1.54) is 39.6 Å². The van der Waals surface area contributed by atoms with Crippen molar-refractivity contribution in [3.05, 3.63) is 0 Å². The van der Waals surface area contributed by atoms with Gasteiger partial charge in [-0.15, -0.1) is 0 Å². The van der Waals surface area contributed by atoms with Crippen LogP contribution in [0.5, 0.6) is 0 Å². The minimum absolute atomic E-state index is 0.243. The number of piperazine rings is 1. The van der Waals surface area contributed by atoms with Crippen LogP contribution in [0, 0.1) is 5.92 Å². The highest BCUT2D eigenvalue weighted by molar-refractivity contribution is 5.81. The predicted octanol–water partition coefficient (Wildman–Crippen LogP) is 0.437. The highest BCUT2D eigenvalue weighted by Gasteiger charge is 2.45. The Kier molecular flexibility index (Phi) is 4.02. The molecule has 5 nitrogen and oxygen atoms in total. The normalized spacial score (nSPS) is 36.2. The maximum Gasteiger partial charge on any atom is 0.325 e. The fourth-order valence-electron chi connectivity index (χ4n) is 3.73. The van der Waals surface area contributed by atoms with E-state index >= 15 is 0 Å². The Labute approximate surface area is 121 Å². The Morgan fingerprint density at radius 2 is 1.95 bits per heavy atom. The molecular weight excluding hydrogens is 254 g/mol. The lowest BCUT2D eigenvalue weighted by atomic mass is 9.99. The SMILES string of the molecule is COC(=O)C1(N)CCC(N2CCN(CC3CC3)CC2)C1. The molecule has 3 aliphatic rings. The first-order chi connectivity index (χ1) is 9.60. The van der Waals surface area contributed by atoms with Crippen molar-refractivity contribution < 1.29 is 9.53 Å². The lowest BCUT2D eigenvalue weighted by Crippen LogP contribution is -2.52. The first-order valence-corrected chi connectivity index (χ1v) is 7.94. The number of ether oxygens (including phenoxy) is 1. The predicted molar refractivity (Wildman–Crippen MR) is 77.3 cm³/mol. The fraction of sp³-hybridized carbons (Fsp3) is 0.933. The van der Waals surface area contributed by atoms with E-state index in [-0.39, 0.29) is 5.97 Å². The van der Waals surface area contributed by atoms with Gasteiger partial charge in [0.15, 0.2) is 0 Å². The summed E-state index contributed by atoms with van der Waals surface area (Å²) >= 11 is 0. The Morgan fingerprint density at radius 3 is 2.55 bits per heavy atom. The zero-order chi connectivity index (χ0) is 14.2. The molecule has 3 fully saturated rings. The van der Waals surface area contributed by atoms with Gasteiger partial charge in [0, 0.05) is 38.8 Å². The Balaban J connectivity index is 1.48. The second-order valence-electron chi connectivity index (χ2n) is 6.82. The zero-order valence-electron chi connectivity index (χ0n) is 12.5. The summed E-state index contributed by atoms with van der Waals surface area (Å²) in [5, 5.41) is 0. The van der Waals surface area contributed by atoms with E-state index in [1.807, 2.05) is 0 Å². The molecule has 2 atom stereocenters. The lowest BCUT2D eigenvalue weighted by molar-refractivity contribution is -0.147. The van der Waals surface area contributed by atoms with Crippen molar-refractivity contribution in [1.82, 2.24) is 9.80 Å². The molecule has 2 aliphatic carbocycles. The summed E-state index contributed by atoms with van der Waals surface area (Å²) in [4.78, 5) is 16.9. The Bertz CT molecular complexity index is 364. The maximum absolute atomic E-state index is 11.8. The van der Waals surface area contributed by atoms with Crippen molar-refractivity contribution in [2.75, 3.05) is 39.8 Å². The largest absolute Gasteiger partial charge is 0.468 e. The Morgan fingerprint density at radius 1 is 1.25 bits per heavy atom. The smallest absolute Gasteiger partial charge is 0.325 e. The first-order valence-electron chi connectivity index (χ1n) is 7.94. The van der Waals surface area contributed by atoms with Crippen LogP contribution in [0.25, 0.3) is 0 Å². The van der Waals surface area contributed by atoms with Gasteiger partial charge in [-0.25, -0.2) is 0 Å². The standard InChI is InChI=1S/C15H27N3O2/c1-20-14(19)15(16)5-4-13(10-15)18-8-6-17(7-9-18)11-12-2-3-12/h12-13H,2-11,16H2,1H3. The number of carbonyl (C=O) groups is 1. The van der Waals surface area contributed by atoms with E-state index in [0.29, 0.717) is 6.04 Å². The van der Waals surface area contributed by atoms with Crippen LogP contribution in [0.2, 0.25) is 0 Å². The van der Waals surface area contributed by atoms with Crippen molar-refractivity contribution in [3.8, 4) is 0 Å². The van der Waals surface area contributed by atoms with Crippen molar-refractivity contribution >= 4 is 5.97 Å². The zero-order valence-corrected chi connectivity index (χ0v) is 12.5. The van der Waals surface area contributed by atoms with Crippen LogP contribution in [0.1, 0.15) is 32.1 Å². The van der Waals surface area contributed by atoms with Crippen molar-refractivity contribution in [2.45, 2.75) is 43.7 Å². The van der Waals surface area contributed by atoms with Gasteiger partial charge in [-0.2, -0.15) is 0 Å². The molecule has 1 heterocycles. The summed E-state index contributed by atoms with van der Waals surface area (Å²) in [6.45, 7) is 5.87. The summed E-state index contributed by atoms with van der Waals surface area (Å²) in [6.07, 6.45) is 5.39. The van der Waals surface area contributed by atoms with Gasteiger partial charge in [0.1, 0.15) is 5.54 Å². The van der Waals surface area contributed by atoms with Gasteiger partial charge >= 0.3 is 5.97 Å². The second-order valence-corrected chi connectivity index (χ2v) is 6.82. The van der Waals surface area contributed by atoms with Gasteiger partial charge in [0.2, 0.25) is 0 Å². The molecule has 0 amide bonds. The third-order valence-electron chi connectivity index (χ3n) is 5.25. The van der Waals surface area contributed by atoms with Crippen LogP contribution in [0.4, 0.5) is 0 Å². The van der Waals surface area contributed by atoms with E-state index in [4.69, 9.17) is 10.5 Å². The average molecular weight is 281 g/mol. The molecule has 0 bridgehead atoms. The minimum Gasteiger partial charge on any atom is -0.468 e. The monoisotopic (exact) mass is 281 g/mol. The van der Waals surface area contributed by atoms with Crippen LogP contribution in [0.3, 0.4) is 0 Å². The third kappa shape index (κ3) is 3.00. The van der Waals surface area contributed by atoms with Crippen LogP contribution in [-0.4, -0.2) is 67.2 Å².